The van der Waals surface area contributed by atoms with Crippen molar-refractivity contribution in [3.05, 3.63) is 34.9 Å². The number of nitrogens with one attached hydrogen (secondary N) is 1. The molecule has 0 aromatic heterocycles. The van der Waals surface area contributed by atoms with Crippen LogP contribution in [0.5, 0.6) is 0 Å². The van der Waals surface area contributed by atoms with Crippen LogP contribution in [0.3, 0.4) is 0 Å². The van der Waals surface area contributed by atoms with Crippen LogP contribution in [-0.4, -0.2) is 25.8 Å². The molecule has 0 radical (unpaired) electrons. The first-order valence-electron chi connectivity index (χ1n) is 6.40. The van der Waals surface area contributed by atoms with E-state index in [1.165, 1.54) is 11.1 Å². The summed E-state index contributed by atoms with van der Waals surface area (Å²) in [6, 6.07) is 5.78. The molecule has 3 rings (SSSR count). The Bertz CT molecular complexity index is 452. The standard InChI is InChI=1S/C14H17NO3/c16-14(18-9-10-3-4-17-8-10)11-1-2-12-6-15-7-13(12)5-11/h1-2,5,10,15H,3-4,6-9H2. The van der Waals surface area contributed by atoms with E-state index >= 15 is 0 Å². The fraction of sp³-hybridized carbons (Fsp3) is 0.500. The van der Waals surface area contributed by atoms with E-state index in [2.05, 4.69) is 5.32 Å². The second kappa shape index (κ2) is 5.08. The highest BCUT2D eigenvalue weighted by Crippen LogP contribution is 2.18. The van der Waals surface area contributed by atoms with E-state index in [0.717, 1.165) is 26.1 Å². The van der Waals surface area contributed by atoms with Crippen molar-refractivity contribution < 1.29 is 14.3 Å². The molecule has 1 fully saturated rings. The summed E-state index contributed by atoms with van der Waals surface area (Å²) in [6.07, 6.45) is 0.987. The molecule has 4 nitrogen and oxygen atoms in total. The van der Waals surface area contributed by atoms with E-state index in [-0.39, 0.29) is 5.97 Å². The van der Waals surface area contributed by atoms with Gasteiger partial charge in [-0.3, -0.25) is 0 Å². The monoisotopic (exact) mass is 247 g/mol. The number of rotatable bonds is 3. The Hall–Kier alpha value is -1.39. The van der Waals surface area contributed by atoms with Crippen LogP contribution in [0.2, 0.25) is 0 Å². The molecule has 1 N–H and O–H groups in total. The zero-order valence-corrected chi connectivity index (χ0v) is 10.3. The summed E-state index contributed by atoms with van der Waals surface area (Å²) in [5, 5.41) is 3.26. The molecule has 4 heteroatoms. The molecule has 2 aliphatic rings. The first-order chi connectivity index (χ1) is 8.83. The van der Waals surface area contributed by atoms with Gasteiger partial charge in [-0.25, -0.2) is 4.79 Å². The zero-order valence-electron chi connectivity index (χ0n) is 10.3. The van der Waals surface area contributed by atoms with E-state index in [1.54, 1.807) is 0 Å². The van der Waals surface area contributed by atoms with Gasteiger partial charge in [0.25, 0.3) is 0 Å². The zero-order chi connectivity index (χ0) is 12.4. The fourth-order valence-electron chi connectivity index (χ4n) is 2.41. The van der Waals surface area contributed by atoms with E-state index in [1.807, 2.05) is 18.2 Å². The maximum atomic E-state index is 11.9. The third kappa shape index (κ3) is 2.40. The summed E-state index contributed by atoms with van der Waals surface area (Å²) in [5.41, 5.74) is 3.13. The SMILES string of the molecule is O=C(OCC1CCOC1)c1ccc2c(c1)CNC2. The van der Waals surface area contributed by atoms with Crippen LogP contribution >= 0.6 is 0 Å². The third-order valence-electron chi connectivity index (χ3n) is 3.55. The Morgan fingerprint density at radius 2 is 2.28 bits per heavy atom. The Morgan fingerprint density at radius 1 is 1.39 bits per heavy atom. The summed E-state index contributed by atoms with van der Waals surface area (Å²) in [6.45, 7) is 3.69. The highest BCUT2D eigenvalue weighted by atomic mass is 16.5. The number of carbonyl (C=O) groups excluding carboxylic acids is 1. The smallest absolute Gasteiger partial charge is 0.338 e. The Labute approximate surface area is 106 Å². The van der Waals surface area contributed by atoms with Gasteiger partial charge < -0.3 is 14.8 Å². The molecule has 2 aliphatic heterocycles. The van der Waals surface area contributed by atoms with Crippen molar-refractivity contribution in [3.8, 4) is 0 Å². The molecule has 0 bridgehead atoms. The maximum Gasteiger partial charge on any atom is 0.338 e. The van der Waals surface area contributed by atoms with E-state index < -0.39 is 0 Å². The lowest BCUT2D eigenvalue weighted by Gasteiger charge is -2.09. The van der Waals surface area contributed by atoms with Crippen LogP contribution in [0.4, 0.5) is 0 Å². The summed E-state index contributed by atoms with van der Waals surface area (Å²) >= 11 is 0. The quantitative estimate of drug-likeness (QED) is 0.822. The highest BCUT2D eigenvalue weighted by Gasteiger charge is 2.19. The van der Waals surface area contributed by atoms with Crippen molar-refractivity contribution in [1.82, 2.24) is 5.32 Å². The van der Waals surface area contributed by atoms with Crippen LogP contribution in [0.1, 0.15) is 27.9 Å². The first kappa shape index (κ1) is 11.7. The predicted octanol–water partition coefficient (Wildman–Crippen LogP) is 1.48. The van der Waals surface area contributed by atoms with Gasteiger partial charge in [-0.2, -0.15) is 0 Å². The lowest BCUT2D eigenvalue weighted by Crippen LogP contribution is -2.14. The number of hydrogen-bond donors (Lipinski definition) is 1. The largest absolute Gasteiger partial charge is 0.462 e. The van der Waals surface area contributed by atoms with Gasteiger partial charge in [0, 0.05) is 25.6 Å². The predicted molar refractivity (Wildman–Crippen MR) is 66.2 cm³/mol. The van der Waals surface area contributed by atoms with Gasteiger partial charge in [0.2, 0.25) is 0 Å². The van der Waals surface area contributed by atoms with Crippen LogP contribution in [0.25, 0.3) is 0 Å². The Morgan fingerprint density at radius 3 is 3.11 bits per heavy atom. The maximum absolute atomic E-state index is 11.9. The lowest BCUT2D eigenvalue weighted by atomic mass is 10.1. The van der Waals surface area contributed by atoms with Crippen LogP contribution in [0, 0.1) is 5.92 Å². The minimum Gasteiger partial charge on any atom is -0.462 e. The molecule has 1 atom stereocenters. The Balaban J connectivity index is 1.61. The van der Waals surface area contributed by atoms with Gasteiger partial charge in [-0.05, 0) is 29.7 Å². The lowest BCUT2D eigenvalue weighted by molar-refractivity contribution is 0.0428. The van der Waals surface area contributed by atoms with E-state index in [9.17, 15) is 4.79 Å². The molecule has 1 aromatic carbocycles. The normalized spacial score (nSPS) is 21.9. The van der Waals surface area contributed by atoms with E-state index in [0.29, 0.717) is 24.7 Å². The first-order valence-corrected chi connectivity index (χ1v) is 6.40. The van der Waals surface area contributed by atoms with Crippen LogP contribution in [0.15, 0.2) is 18.2 Å². The summed E-state index contributed by atoms with van der Waals surface area (Å²) in [4.78, 5) is 11.9. The summed E-state index contributed by atoms with van der Waals surface area (Å²) in [7, 11) is 0. The molecular weight excluding hydrogens is 230 g/mol. The average molecular weight is 247 g/mol. The van der Waals surface area contributed by atoms with Gasteiger partial charge in [-0.15, -0.1) is 0 Å². The number of hydrogen-bond acceptors (Lipinski definition) is 4. The van der Waals surface area contributed by atoms with Gasteiger partial charge >= 0.3 is 5.97 Å². The second-order valence-electron chi connectivity index (χ2n) is 4.92. The van der Waals surface area contributed by atoms with Gasteiger partial charge in [0.15, 0.2) is 0 Å². The topological polar surface area (TPSA) is 47.6 Å². The van der Waals surface area contributed by atoms with Crippen molar-refractivity contribution in [2.75, 3.05) is 19.8 Å². The van der Waals surface area contributed by atoms with Crippen LogP contribution in [-0.2, 0) is 22.6 Å². The number of benzene rings is 1. The molecule has 0 spiro atoms. The molecule has 1 unspecified atom stereocenters. The van der Waals surface area contributed by atoms with Crippen molar-refractivity contribution in [3.63, 3.8) is 0 Å². The highest BCUT2D eigenvalue weighted by molar-refractivity contribution is 5.89. The molecular formula is C14H17NO3. The summed E-state index contributed by atoms with van der Waals surface area (Å²) in [5.74, 6) is 0.140. The fourth-order valence-corrected chi connectivity index (χ4v) is 2.41. The Kier molecular flexibility index (Phi) is 3.30. The van der Waals surface area contributed by atoms with Crippen molar-refractivity contribution in [2.45, 2.75) is 19.5 Å². The molecule has 18 heavy (non-hydrogen) atoms. The van der Waals surface area contributed by atoms with Crippen molar-refractivity contribution in [2.24, 2.45) is 5.92 Å². The molecule has 1 saturated heterocycles. The molecule has 0 aliphatic carbocycles. The third-order valence-corrected chi connectivity index (χ3v) is 3.55. The van der Waals surface area contributed by atoms with Crippen LogP contribution < -0.4 is 5.32 Å². The van der Waals surface area contributed by atoms with Gasteiger partial charge in [0.1, 0.15) is 0 Å². The molecule has 0 amide bonds. The van der Waals surface area contributed by atoms with Gasteiger partial charge in [-0.1, -0.05) is 6.07 Å². The minimum atomic E-state index is -0.225. The minimum absolute atomic E-state index is 0.225. The molecule has 0 saturated carbocycles. The van der Waals surface area contributed by atoms with E-state index in [4.69, 9.17) is 9.47 Å². The summed E-state index contributed by atoms with van der Waals surface area (Å²) < 4.78 is 10.6. The number of esters is 1. The molecule has 2 heterocycles. The molecule has 1 aromatic rings. The number of ether oxygens (including phenoxy) is 2. The molecule has 96 valence electrons. The van der Waals surface area contributed by atoms with Crippen molar-refractivity contribution >= 4 is 5.97 Å². The van der Waals surface area contributed by atoms with Crippen molar-refractivity contribution in [1.29, 1.82) is 0 Å². The van der Waals surface area contributed by atoms with Gasteiger partial charge in [0.05, 0.1) is 18.8 Å². The number of fused-ring (bicyclic) bond motifs is 1. The average Bonchev–Trinajstić information content (AvgIpc) is 3.05. The number of carbonyl (C=O) groups is 1. The second-order valence-corrected chi connectivity index (χ2v) is 4.92.